The zero-order chi connectivity index (χ0) is 14.8. The van der Waals surface area contributed by atoms with Crippen LogP contribution in [0.1, 0.15) is 31.2 Å². The first-order chi connectivity index (χ1) is 9.40. The first kappa shape index (κ1) is 15.4. The molecule has 0 bridgehead atoms. The van der Waals surface area contributed by atoms with E-state index in [4.69, 9.17) is 0 Å². The standard InChI is InChI=1S/C14H20FNO3S/c1-16(13-4-2-3-5-14(13)17)20(18,19)10-11-6-8-12(15)9-7-11/h6-9,13-14,17H,2-5,10H2,1H3/t13-,14-/m1/s1. The zero-order valence-corrected chi connectivity index (χ0v) is 12.3. The second-order valence-corrected chi connectivity index (χ2v) is 7.35. The lowest BCUT2D eigenvalue weighted by Gasteiger charge is -2.34. The summed E-state index contributed by atoms with van der Waals surface area (Å²) in [4.78, 5) is 0. The predicted molar refractivity (Wildman–Crippen MR) is 75.0 cm³/mol. The highest BCUT2D eigenvalue weighted by atomic mass is 32.2. The maximum Gasteiger partial charge on any atom is 0.218 e. The quantitative estimate of drug-likeness (QED) is 0.924. The van der Waals surface area contributed by atoms with Crippen molar-refractivity contribution in [2.45, 2.75) is 43.6 Å². The minimum Gasteiger partial charge on any atom is -0.391 e. The van der Waals surface area contributed by atoms with Gasteiger partial charge in [-0.1, -0.05) is 25.0 Å². The van der Waals surface area contributed by atoms with E-state index in [1.807, 2.05) is 0 Å². The second kappa shape index (κ2) is 6.20. The largest absolute Gasteiger partial charge is 0.391 e. The number of aliphatic hydroxyl groups is 1. The smallest absolute Gasteiger partial charge is 0.218 e. The molecule has 4 nitrogen and oxygen atoms in total. The summed E-state index contributed by atoms with van der Waals surface area (Å²) in [7, 11) is -2.00. The van der Waals surface area contributed by atoms with E-state index in [0.29, 0.717) is 18.4 Å². The van der Waals surface area contributed by atoms with Crippen LogP contribution in [0.5, 0.6) is 0 Å². The van der Waals surface area contributed by atoms with Gasteiger partial charge in [0.15, 0.2) is 0 Å². The van der Waals surface area contributed by atoms with Crippen LogP contribution in [0, 0.1) is 5.82 Å². The lowest BCUT2D eigenvalue weighted by atomic mass is 9.93. The van der Waals surface area contributed by atoms with Crippen molar-refractivity contribution in [3.05, 3.63) is 35.6 Å². The molecule has 1 saturated carbocycles. The van der Waals surface area contributed by atoms with E-state index in [2.05, 4.69) is 0 Å². The first-order valence-corrected chi connectivity index (χ1v) is 8.39. The highest BCUT2D eigenvalue weighted by molar-refractivity contribution is 7.88. The monoisotopic (exact) mass is 301 g/mol. The van der Waals surface area contributed by atoms with Crippen LogP contribution in [0.15, 0.2) is 24.3 Å². The van der Waals surface area contributed by atoms with Crippen LogP contribution in [0.3, 0.4) is 0 Å². The molecule has 0 spiro atoms. The third kappa shape index (κ3) is 3.56. The Labute approximate surface area is 119 Å². The molecule has 1 N–H and O–H groups in total. The number of hydrogen-bond acceptors (Lipinski definition) is 3. The molecule has 1 aliphatic rings. The van der Waals surface area contributed by atoms with Crippen molar-refractivity contribution in [2.24, 2.45) is 0 Å². The minimum absolute atomic E-state index is 0.174. The topological polar surface area (TPSA) is 57.6 Å². The molecule has 0 amide bonds. The fraction of sp³-hybridized carbons (Fsp3) is 0.571. The highest BCUT2D eigenvalue weighted by Gasteiger charge is 2.33. The maximum atomic E-state index is 12.8. The van der Waals surface area contributed by atoms with Gasteiger partial charge in [0, 0.05) is 7.05 Å². The molecule has 0 heterocycles. The number of rotatable bonds is 4. The van der Waals surface area contributed by atoms with E-state index >= 15 is 0 Å². The molecule has 0 aromatic heterocycles. The van der Waals surface area contributed by atoms with Gasteiger partial charge in [0.05, 0.1) is 17.9 Å². The number of aliphatic hydroxyl groups excluding tert-OH is 1. The SMILES string of the molecule is CN([C@@H]1CCCC[C@H]1O)S(=O)(=O)Cc1ccc(F)cc1. The number of likely N-dealkylation sites (N-methyl/N-ethyl adjacent to an activating group) is 1. The lowest BCUT2D eigenvalue weighted by molar-refractivity contribution is 0.0637. The average molecular weight is 301 g/mol. The van der Waals surface area contributed by atoms with E-state index in [9.17, 15) is 17.9 Å². The van der Waals surface area contributed by atoms with Gasteiger partial charge in [0.2, 0.25) is 10.0 Å². The van der Waals surface area contributed by atoms with Crippen molar-refractivity contribution in [3.8, 4) is 0 Å². The third-order valence-electron chi connectivity index (χ3n) is 3.86. The van der Waals surface area contributed by atoms with Gasteiger partial charge in [-0.3, -0.25) is 0 Å². The molecule has 0 aliphatic heterocycles. The Hall–Kier alpha value is -0.980. The fourth-order valence-corrected chi connectivity index (χ4v) is 4.09. The third-order valence-corrected chi connectivity index (χ3v) is 5.71. The number of halogens is 1. The number of hydrogen-bond donors (Lipinski definition) is 1. The Bertz CT molecular complexity index is 544. The molecule has 2 atom stereocenters. The molecule has 0 unspecified atom stereocenters. The van der Waals surface area contributed by atoms with Crippen molar-refractivity contribution in [1.29, 1.82) is 0 Å². The van der Waals surface area contributed by atoms with Gasteiger partial charge in [0.1, 0.15) is 5.82 Å². The summed E-state index contributed by atoms with van der Waals surface area (Å²) >= 11 is 0. The van der Waals surface area contributed by atoms with E-state index in [1.54, 1.807) is 0 Å². The summed E-state index contributed by atoms with van der Waals surface area (Å²) < 4.78 is 38.8. The van der Waals surface area contributed by atoms with Gasteiger partial charge in [-0.05, 0) is 30.5 Å². The summed E-state index contributed by atoms with van der Waals surface area (Å²) in [6.45, 7) is 0. The number of sulfonamides is 1. The molecule has 1 fully saturated rings. The van der Waals surface area contributed by atoms with Crippen LogP contribution >= 0.6 is 0 Å². The average Bonchev–Trinajstić information content (AvgIpc) is 2.41. The molecule has 0 saturated heterocycles. The molecule has 6 heteroatoms. The van der Waals surface area contributed by atoms with Crippen molar-refractivity contribution >= 4 is 10.0 Å². The summed E-state index contributed by atoms with van der Waals surface area (Å²) in [5.41, 5.74) is 0.545. The second-order valence-electron chi connectivity index (χ2n) is 5.32. The van der Waals surface area contributed by atoms with Crippen LogP contribution in [-0.4, -0.2) is 37.0 Å². The predicted octanol–water partition coefficient (Wildman–Crippen LogP) is 1.89. The van der Waals surface area contributed by atoms with Gasteiger partial charge in [-0.25, -0.2) is 12.8 Å². The van der Waals surface area contributed by atoms with E-state index in [1.165, 1.54) is 35.6 Å². The highest BCUT2D eigenvalue weighted by Crippen LogP contribution is 2.25. The Balaban J connectivity index is 2.10. The fourth-order valence-electron chi connectivity index (χ4n) is 2.62. The number of nitrogens with zero attached hydrogens (tertiary/aromatic N) is 1. The molecule has 1 aliphatic carbocycles. The van der Waals surface area contributed by atoms with Crippen molar-refractivity contribution in [1.82, 2.24) is 4.31 Å². The van der Waals surface area contributed by atoms with Crippen LogP contribution < -0.4 is 0 Å². The van der Waals surface area contributed by atoms with Gasteiger partial charge in [0.25, 0.3) is 0 Å². The van der Waals surface area contributed by atoms with E-state index in [0.717, 1.165) is 12.8 Å². The molecule has 2 rings (SSSR count). The Morgan fingerprint density at radius 1 is 1.25 bits per heavy atom. The van der Waals surface area contributed by atoms with Crippen LogP contribution in [-0.2, 0) is 15.8 Å². The summed E-state index contributed by atoms with van der Waals surface area (Å²) in [5, 5.41) is 9.95. The number of benzene rings is 1. The molecule has 0 radical (unpaired) electrons. The zero-order valence-electron chi connectivity index (χ0n) is 11.5. The van der Waals surface area contributed by atoms with Crippen LogP contribution in [0.4, 0.5) is 4.39 Å². The Kier molecular flexibility index (Phi) is 4.78. The molecular weight excluding hydrogens is 281 g/mol. The van der Waals surface area contributed by atoms with Gasteiger partial charge in [-0.15, -0.1) is 0 Å². The molecular formula is C14H20FNO3S. The van der Waals surface area contributed by atoms with E-state index in [-0.39, 0.29) is 17.6 Å². The van der Waals surface area contributed by atoms with Crippen molar-refractivity contribution in [3.63, 3.8) is 0 Å². The van der Waals surface area contributed by atoms with E-state index < -0.39 is 16.1 Å². The minimum atomic E-state index is -3.51. The van der Waals surface area contributed by atoms with Gasteiger partial charge in [-0.2, -0.15) is 4.31 Å². The first-order valence-electron chi connectivity index (χ1n) is 6.78. The van der Waals surface area contributed by atoms with Crippen molar-refractivity contribution in [2.75, 3.05) is 7.05 Å². The van der Waals surface area contributed by atoms with Crippen LogP contribution in [0.25, 0.3) is 0 Å². The summed E-state index contributed by atoms with van der Waals surface area (Å²) in [6, 6.07) is 5.09. The molecule has 20 heavy (non-hydrogen) atoms. The maximum absolute atomic E-state index is 12.8. The van der Waals surface area contributed by atoms with Crippen molar-refractivity contribution < 1.29 is 17.9 Å². The van der Waals surface area contributed by atoms with Crippen LogP contribution in [0.2, 0.25) is 0 Å². The Morgan fingerprint density at radius 3 is 2.45 bits per heavy atom. The Morgan fingerprint density at radius 2 is 1.85 bits per heavy atom. The molecule has 1 aromatic rings. The molecule has 1 aromatic carbocycles. The normalized spacial score (nSPS) is 24.0. The molecule has 112 valence electrons. The van der Waals surface area contributed by atoms with Gasteiger partial charge < -0.3 is 5.11 Å². The lowest BCUT2D eigenvalue weighted by Crippen LogP contribution is -2.46. The summed E-state index contributed by atoms with van der Waals surface area (Å²) in [6.07, 6.45) is 2.58. The van der Waals surface area contributed by atoms with Gasteiger partial charge >= 0.3 is 0 Å². The summed E-state index contributed by atoms with van der Waals surface area (Å²) in [5.74, 6) is -0.560.